The van der Waals surface area contributed by atoms with Crippen LogP contribution >= 0.6 is 0 Å². The summed E-state index contributed by atoms with van der Waals surface area (Å²) in [5.41, 5.74) is 1.71. The molecule has 0 aliphatic heterocycles. The first-order valence-electron chi connectivity index (χ1n) is 5.04. The molecule has 11 heavy (non-hydrogen) atoms. The van der Waals surface area contributed by atoms with Crippen LogP contribution in [0.4, 0.5) is 0 Å². The van der Waals surface area contributed by atoms with Gasteiger partial charge in [-0.05, 0) is 43.4 Å². The molecule has 0 nitrogen and oxygen atoms in total. The third kappa shape index (κ3) is 0.660. The van der Waals surface area contributed by atoms with Gasteiger partial charge in [0.15, 0.2) is 0 Å². The van der Waals surface area contributed by atoms with E-state index in [0.717, 1.165) is 23.7 Å². The van der Waals surface area contributed by atoms with Crippen LogP contribution in [0.2, 0.25) is 0 Å². The average Bonchev–Trinajstić information content (AvgIpc) is 2.43. The Hall–Kier alpha value is -0.260. The second-order valence-electron chi connectivity index (χ2n) is 4.69. The molecule has 0 N–H and O–H groups in total. The van der Waals surface area contributed by atoms with Gasteiger partial charge in [0.2, 0.25) is 0 Å². The fraction of sp³-hybridized carbons (Fsp3) is 0.818. The first-order chi connectivity index (χ1) is 5.36. The molecule has 3 aliphatic carbocycles. The van der Waals surface area contributed by atoms with Crippen molar-refractivity contribution in [1.29, 1.82) is 0 Å². The molecule has 0 heteroatoms. The van der Waals surface area contributed by atoms with Crippen LogP contribution in [-0.2, 0) is 0 Å². The lowest BCUT2D eigenvalue weighted by atomic mass is 9.73. The van der Waals surface area contributed by atoms with Crippen molar-refractivity contribution in [3.63, 3.8) is 0 Å². The van der Waals surface area contributed by atoms with Gasteiger partial charge in [-0.15, -0.1) is 0 Å². The van der Waals surface area contributed by atoms with Crippen molar-refractivity contribution in [2.75, 3.05) is 0 Å². The maximum Gasteiger partial charge on any atom is -0.0112 e. The molecule has 3 rings (SSSR count). The summed E-state index contributed by atoms with van der Waals surface area (Å²) in [6.45, 7) is 2.34. The summed E-state index contributed by atoms with van der Waals surface area (Å²) >= 11 is 0. The van der Waals surface area contributed by atoms with Crippen molar-refractivity contribution in [2.24, 2.45) is 23.7 Å². The van der Waals surface area contributed by atoms with E-state index in [4.69, 9.17) is 0 Å². The normalized spacial score (nSPS) is 53.0. The zero-order valence-corrected chi connectivity index (χ0v) is 7.22. The average molecular weight is 148 g/mol. The number of rotatable bonds is 0. The molecule has 0 aromatic rings. The summed E-state index contributed by atoms with van der Waals surface area (Å²) in [6, 6.07) is 0. The Balaban J connectivity index is 1.90. The highest BCUT2D eigenvalue weighted by Gasteiger charge is 2.48. The molecule has 4 atom stereocenters. The molecule has 0 spiro atoms. The molecule has 2 saturated carbocycles. The van der Waals surface area contributed by atoms with Gasteiger partial charge in [0.25, 0.3) is 0 Å². The highest BCUT2D eigenvalue weighted by Crippen LogP contribution is 2.57. The molecule has 3 aliphatic rings. The van der Waals surface area contributed by atoms with Gasteiger partial charge in [0, 0.05) is 0 Å². The van der Waals surface area contributed by atoms with Crippen LogP contribution in [0.5, 0.6) is 0 Å². The molecule has 4 unspecified atom stereocenters. The van der Waals surface area contributed by atoms with Crippen LogP contribution in [0.3, 0.4) is 0 Å². The fourth-order valence-corrected chi connectivity index (χ4v) is 3.82. The Bertz CT molecular complexity index is 214. The van der Waals surface area contributed by atoms with Crippen LogP contribution in [0, 0.1) is 23.7 Å². The predicted molar refractivity (Wildman–Crippen MR) is 46.2 cm³/mol. The Morgan fingerprint density at radius 2 is 2.27 bits per heavy atom. The van der Waals surface area contributed by atoms with E-state index < -0.39 is 0 Å². The van der Waals surface area contributed by atoms with Crippen molar-refractivity contribution in [1.82, 2.24) is 0 Å². The molecule has 0 aromatic carbocycles. The van der Waals surface area contributed by atoms with Crippen LogP contribution < -0.4 is 0 Å². The van der Waals surface area contributed by atoms with E-state index in [1.807, 2.05) is 0 Å². The Morgan fingerprint density at radius 3 is 3.09 bits per heavy atom. The zero-order valence-electron chi connectivity index (χ0n) is 7.22. The van der Waals surface area contributed by atoms with Gasteiger partial charge >= 0.3 is 0 Å². The zero-order chi connectivity index (χ0) is 7.42. The van der Waals surface area contributed by atoms with E-state index in [0.29, 0.717) is 0 Å². The van der Waals surface area contributed by atoms with E-state index in [-0.39, 0.29) is 0 Å². The summed E-state index contributed by atoms with van der Waals surface area (Å²) in [5, 5.41) is 0. The van der Waals surface area contributed by atoms with Gasteiger partial charge in [-0.25, -0.2) is 0 Å². The summed E-state index contributed by atoms with van der Waals surface area (Å²) in [4.78, 5) is 0. The Labute approximate surface area is 68.7 Å². The first kappa shape index (κ1) is 6.28. The molecule has 60 valence electrons. The van der Waals surface area contributed by atoms with Gasteiger partial charge < -0.3 is 0 Å². The van der Waals surface area contributed by atoms with E-state index in [9.17, 15) is 0 Å². The SMILES string of the molecule is CC1=CC2CC3CCCC3C12. The van der Waals surface area contributed by atoms with Crippen LogP contribution in [0.15, 0.2) is 11.6 Å². The van der Waals surface area contributed by atoms with E-state index >= 15 is 0 Å². The Kier molecular flexibility index (Phi) is 1.09. The lowest BCUT2D eigenvalue weighted by Gasteiger charge is -2.32. The van der Waals surface area contributed by atoms with Crippen LogP contribution in [0.25, 0.3) is 0 Å². The molecule has 0 amide bonds. The lowest BCUT2D eigenvalue weighted by molar-refractivity contribution is 0.345. The monoisotopic (exact) mass is 148 g/mol. The Morgan fingerprint density at radius 1 is 1.36 bits per heavy atom. The van der Waals surface area contributed by atoms with Gasteiger partial charge in [-0.1, -0.05) is 24.5 Å². The summed E-state index contributed by atoms with van der Waals surface area (Å²) in [7, 11) is 0. The van der Waals surface area contributed by atoms with Gasteiger partial charge in [-0.3, -0.25) is 0 Å². The molecule has 0 saturated heterocycles. The number of hydrogen-bond acceptors (Lipinski definition) is 0. The molecular formula is C11H16. The quantitative estimate of drug-likeness (QED) is 0.463. The van der Waals surface area contributed by atoms with E-state index in [1.165, 1.54) is 19.3 Å². The molecule has 0 bridgehead atoms. The maximum absolute atomic E-state index is 2.52. The second-order valence-corrected chi connectivity index (χ2v) is 4.69. The van der Waals surface area contributed by atoms with Crippen molar-refractivity contribution >= 4 is 0 Å². The maximum atomic E-state index is 2.52. The highest BCUT2D eigenvalue weighted by molar-refractivity contribution is 5.25. The predicted octanol–water partition coefficient (Wildman–Crippen LogP) is 3.00. The number of hydrogen-bond donors (Lipinski definition) is 0. The van der Waals surface area contributed by atoms with E-state index in [2.05, 4.69) is 13.0 Å². The smallest absolute Gasteiger partial charge is 0.0112 e. The second kappa shape index (κ2) is 1.91. The summed E-state index contributed by atoms with van der Waals surface area (Å²) in [6.07, 6.45) is 8.65. The van der Waals surface area contributed by atoms with Crippen LogP contribution in [-0.4, -0.2) is 0 Å². The van der Waals surface area contributed by atoms with Crippen molar-refractivity contribution in [3.8, 4) is 0 Å². The van der Waals surface area contributed by atoms with Crippen molar-refractivity contribution in [3.05, 3.63) is 11.6 Å². The minimum absolute atomic E-state index is 1.02. The molecule has 0 aromatic heterocycles. The van der Waals surface area contributed by atoms with Gasteiger partial charge in [-0.2, -0.15) is 0 Å². The van der Waals surface area contributed by atoms with Crippen LogP contribution in [0.1, 0.15) is 32.6 Å². The third-order valence-corrected chi connectivity index (χ3v) is 4.22. The molecular weight excluding hydrogens is 132 g/mol. The third-order valence-electron chi connectivity index (χ3n) is 4.22. The summed E-state index contributed by atoms with van der Waals surface area (Å²) in [5.74, 6) is 4.30. The molecule has 0 heterocycles. The first-order valence-corrected chi connectivity index (χ1v) is 5.04. The van der Waals surface area contributed by atoms with Gasteiger partial charge in [0.1, 0.15) is 0 Å². The number of fused-ring (bicyclic) bond motifs is 3. The fourth-order valence-electron chi connectivity index (χ4n) is 3.82. The van der Waals surface area contributed by atoms with Crippen molar-refractivity contribution < 1.29 is 0 Å². The topological polar surface area (TPSA) is 0 Å². The lowest BCUT2D eigenvalue weighted by Crippen LogP contribution is -2.22. The van der Waals surface area contributed by atoms with Crippen molar-refractivity contribution in [2.45, 2.75) is 32.6 Å². The van der Waals surface area contributed by atoms with E-state index in [1.54, 1.807) is 12.0 Å². The number of allylic oxidation sites excluding steroid dienone is 2. The highest BCUT2D eigenvalue weighted by atomic mass is 14.5. The molecule has 0 radical (unpaired) electrons. The standard InChI is InChI=1S/C11H16/c1-7-5-9-6-8-3-2-4-10(8)11(7)9/h5,8-11H,2-4,6H2,1H3. The molecule has 2 fully saturated rings. The van der Waals surface area contributed by atoms with Gasteiger partial charge in [0.05, 0.1) is 0 Å². The summed E-state index contributed by atoms with van der Waals surface area (Å²) < 4.78 is 0. The largest absolute Gasteiger partial charge is 0.0816 e. The minimum atomic E-state index is 1.02. The minimum Gasteiger partial charge on any atom is -0.0816 e.